The average molecular weight is 412 g/mol. The van der Waals surface area contributed by atoms with Gasteiger partial charge in [0.2, 0.25) is 0 Å². The van der Waals surface area contributed by atoms with Crippen molar-refractivity contribution < 1.29 is 36.2 Å². The summed E-state index contributed by atoms with van der Waals surface area (Å²) in [5, 5.41) is 9.35. The highest BCUT2D eigenvalue weighted by molar-refractivity contribution is 5.33. The second-order valence-corrected chi connectivity index (χ2v) is 6.57. The molecule has 0 spiro atoms. The van der Waals surface area contributed by atoms with Crippen molar-refractivity contribution in [2.24, 2.45) is 0 Å². The summed E-state index contributed by atoms with van der Waals surface area (Å²) in [7, 11) is 0. The topological polar surface area (TPSA) is 29.5 Å². The molecule has 0 aliphatic rings. The number of benzene rings is 1. The van der Waals surface area contributed by atoms with Crippen molar-refractivity contribution in [1.82, 2.24) is 0 Å². The lowest BCUT2D eigenvalue weighted by molar-refractivity contribution is -0.143. The molecule has 2 nitrogen and oxygen atoms in total. The molecule has 0 bridgehead atoms. The van der Waals surface area contributed by atoms with Crippen LogP contribution < -0.4 is 0 Å². The lowest BCUT2D eigenvalue weighted by atomic mass is 10.1. The summed E-state index contributed by atoms with van der Waals surface area (Å²) >= 11 is 0. The minimum absolute atomic E-state index is 0.109. The first-order valence-electron chi connectivity index (χ1n) is 9.25. The Morgan fingerprint density at radius 3 is 2.04 bits per heavy atom. The lowest BCUT2D eigenvalue weighted by Gasteiger charge is -2.14. The monoisotopic (exact) mass is 412 g/mol. The van der Waals surface area contributed by atoms with Crippen LogP contribution in [0, 0.1) is 0 Å². The van der Waals surface area contributed by atoms with Gasteiger partial charge in [0.25, 0.3) is 0 Å². The van der Waals surface area contributed by atoms with Gasteiger partial charge in [-0.05, 0) is 49.4 Å². The van der Waals surface area contributed by atoms with E-state index in [1.807, 2.05) is 13.0 Å². The zero-order valence-corrected chi connectivity index (χ0v) is 15.7. The predicted octanol–water partition coefficient (Wildman–Crippen LogP) is 6.52. The molecular weight excluding hydrogens is 386 g/mol. The lowest BCUT2D eigenvalue weighted by Crippen LogP contribution is -2.12. The van der Waals surface area contributed by atoms with Gasteiger partial charge in [0.15, 0.2) is 0 Å². The SMILES string of the molecule is CCC(O)C=CCCCCCCOCc1cc(C(F)(F)F)cc(C(F)(F)F)c1. The average Bonchev–Trinajstić information content (AvgIpc) is 2.61. The van der Waals surface area contributed by atoms with E-state index in [1.165, 1.54) is 0 Å². The Labute approximate surface area is 161 Å². The molecule has 0 aliphatic heterocycles. The molecule has 0 heterocycles. The highest BCUT2D eigenvalue weighted by Gasteiger charge is 2.36. The third-order valence-electron chi connectivity index (χ3n) is 4.10. The van der Waals surface area contributed by atoms with E-state index in [1.54, 1.807) is 6.08 Å². The number of aliphatic hydroxyl groups excluding tert-OH is 1. The molecule has 0 saturated carbocycles. The van der Waals surface area contributed by atoms with Crippen LogP contribution in [0.15, 0.2) is 30.4 Å². The number of rotatable bonds is 11. The Balaban J connectivity index is 2.38. The maximum atomic E-state index is 12.8. The first kappa shape index (κ1) is 24.5. The minimum atomic E-state index is -4.85. The van der Waals surface area contributed by atoms with E-state index < -0.39 is 29.6 Å². The fraction of sp³-hybridized carbons (Fsp3) is 0.600. The van der Waals surface area contributed by atoms with Crippen LogP contribution in [0.4, 0.5) is 26.3 Å². The van der Waals surface area contributed by atoms with Gasteiger partial charge in [-0.2, -0.15) is 26.3 Å². The molecule has 1 rings (SSSR count). The van der Waals surface area contributed by atoms with E-state index in [2.05, 4.69) is 0 Å². The van der Waals surface area contributed by atoms with Gasteiger partial charge < -0.3 is 9.84 Å². The van der Waals surface area contributed by atoms with Gasteiger partial charge in [-0.3, -0.25) is 0 Å². The molecule has 28 heavy (non-hydrogen) atoms. The van der Waals surface area contributed by atoms with Crippen molar-refractivity contribution in [1.29, 1.82) is 0 Å². The molecule has 0 aliphatic carbocycles. The highest BCUT2D eigenvalue weighted by Crippen LogP contribution is 2.36. The van der Waals surface area contributed by atoms with Crippen LogP contribution in [0.25, 0.3) is 0 Å². The van der Waals surface area contributed by atoms with Crippen LogP contribution in [0.1, 0.15) is 62.1 Å². The zero-order valence-electron chi connectivity index (χ0n) is 15.7. The van der Waals surface area contributed by atoms with E-state index in [-0.39, 0.29) is 24.8 Å². The molecule has 0 aromatic heterocycles. The van der Waals surface area contributed by atoms with Gasteiger partial charge in [0.05, 0.1) is 23.8 Å². The van der Waals surface area contributed by atoms with Crippen LogP contribution in [0.5, 0.6) is 0 Å². The van der Waals surface area contributed by atoms with Crippen molar-refractivity contribution >= 4 is 0 Å². The van der Waals surface area contributed by atoms with Gasteiger partial charge in [-0.1, -0.05) is 31.9 Å². The second kappa shape index (κ2) is 11.5. The number of hydrogen-bond donors (Lipinski definition) is 1. The molecule has 1 aromatic carbocycles. The maximum Gasteiger partial charge on any atom is 0.416 e. The smallest absolute Gasteiger partial charge is 0.389 e. The van der Waals surface area contributed by atoms with Crippen LogP contribution >= 0.6 is 0 Å². The normalized spacial score (nSPS) is 14.0. The first-order chi connectivity index (χ1) is 13.0. The predicted molar refractivity (Wildman–Crippen MR) is 94.6 cm³/mol. The quantitative estimate of drug-likeness (QED) is 0.255. The zero-order chi connectivity index (χ0) is 21.2. The van der Waals surface area contributed by atoms with E-state index >= 15 is 0 Å². The fourth-order valence-corrected chi connectivity index (χ4v) is 2.50. The molecular formula is C20H26F6O2. The summed E-state index contributed by atoms with van der Waals surface area (Å²) in [6, 6.07) is 1.48. The highest BCUT2D eigenvalue weighted by atomic mass is 19.4. The molecule has 1 atom stereocenters. The molecule has 0 radical (unpaired) electrons. The van der Waals surface area contributed by atoms with Crippen molar-refractivity contribution in [2.45, 2.75) is 70.5 Å². The van der Waals surface area contributed by atoms with E-state index in [0.29, 0.717) is 25.0 Å². The summed E-state index contributed by atoms with van der Waals surface area (Å²) in [5.74, 6) is 0. The van der Waals surface area contributed by atoms with E-state index in [0.717, 1.165) is 25.7 Å². The third-order valence-corrected chi connectivity index (χ3v) is 4.10. The molecule has 1 aromatic rings. The summed E-state index contributed by atoms with van der Waals surface area (Å²) < 4.78 is 82.0. The Kier molecular flexibility index (Phi) is 10.0. The Hall–Kier alpha value is -1.54. The third kappa shape index (κ3) is 9.59. The van der Waals surface area contributed by atoms with Crippen molar-refractivity contribution in [2.75, 3.05) is 6.61 Å². The Morgan fingerprint density at radius 2 is 1.50 bits per heavy atom. The number of aliphatic hydroxyl groups is 1. The van der Waals surface area contributed by atoms with Gasteiger partial charge in [-0.15, -0.1) is 0 Å². The van der Waals surface area contributed by atoms with Crippen molar-refractivity contribution in [3.63, 3.8) is 0 Å². The fourth-order valence-electron chi connectivity index (χ4n) is 2.50. The molecule has 0 amide bonds. The van der Waals surface area contributed by atoms with Gasteiger partial charge in [0, 0.05) is 6.61 Å². The van der Waals surface area contributed by atoms with Crippen molar-refractivity contribution in [3.8, 4) is 0 Å². The molecule has 1 N–H and O–H groups in total. The number of halogens is 6. The van der Waals surface area contributed by atoms with Crippen LogP contribution in [-0.2, 0) is 23.7 Å². The summed E-state index contributed by atoms with van der Waals surface area (Å²) in [4.78, 5) is 0. The van der Waals surface area contributed by atoms with Crippen LogP contribution in [0.2, 0.25) is 0 Å². The largest absolute Gasteiger partial charge is 0.416 e. The Bertz CT molecular complexity index is 575. The van der Waals surface area contributed by atoms with Crippen LogP contribution in [-0.4, -0.2) is 17.8 Å². The Morgan fingerprint density at radius 1 is 0.929 bits per heavy atom. The van der Waals surface area contributed by atoms with Gasteiger partial charge >= 0.3 is 12.4 Å². The number of ether oxygens (including phenoxy) is 1. The maximum absolute atomic E-state index is 12.8. The van der Waals surface area contributed by atoms with E-state index in [9.17, 15) is 31.4 Å². The van der Waals surface area contributed by atoms with E-state index in [4.69, 9.17) is 4.74 Å². The van der Waals surface area contributed by atoms with Crippen LogP contribution in [0.3, 0.4) is 0 Å². The summed E-state index contributed by atoms with van der Waals surface area (Å²) in [6.07, 6.45) is -1.52. The summed E-state index contributed by atoms with van der Waals surface area (Å²) in [5.41, 5.74) is -2.81. The standard InChI is InChI=1S/C20H26F6O2/c1-2-18(27)9-7-5-3-4-6-8-10-28-14-15-11-16(19(21,22)23)13-17(12-15)20(24,25)26/h7,9,11-13,18,27H,2-6,8,10,14H2,1H3. The molecule has 1 unspecified atom stereocenters. The molecule has 0 fully saturated rings. The van der Waals surface area contributed by atoms with Gasteiger partial charge in [-0.25, -0.2) is 0 Å². The molecule has 8 heteroatoms. The number of hydrogen-bond acceptors (Lipinski definition) is 2. The van der Waals surface area contributed by atoms with Crippen molar-refractivity contribution in [3.05, 3.63) is 47.0 Å². The number of alkyl halides is 6. The molecule has 160 valence electrons. The second-order valence-electron chi connectivity index (χ2n) is 6.57. The molecule has 0 saturated heterocycles. The number of allylic oxidation sites excluding steroid dienone is 1. The summed E-state index contributed by atoms with van der Waals surface area (Å²) in [6.45, 7) is 1.85. The minimum Gasteiger partial charge on any atom is -0.389 e. The van der Waals surface area contributed by atoms with Gasteiger partial charge in [0.1, 0.15) is 0 Å². The number of unbranched alkanes of at least 4 members (excludes halogenated alkanes) is 4. The first-order valence-corrected chi connectivity index (χ1v) is 9.25.